The number of hydrogen-bond acceptors (Lipinski definition) is 7. The van der Waals surface area contributed by atoms with E-state index in [2.05, 4.69) is 20.2 Å². The van der Waals surface area contributed by atoms with Gasteiger partial charge in [-0.1, -0.05) is 6.07 Å². The molecule has 0 atom stereocenters. The summed E-state index contributed by atoms with van der Waals surface area (Å²) in [6.07, 6.45) is 4.37. The zero-order chi connectivity index (χ0) is 29.2. The van der Waals surface area contributed by atoms with Gasteiger partial charge in [-0.2, -0.15) is 4.98 Å². The minimum Gasteiger partial charge on any atom is -0.399 e. The lowest BCUT2D eigenvalue weighted by molar-refractivity contribution is -0.0222. The standard InChI is InChI=1S/C30H40BF2N5O3/c1-20-18-24(36-26(34-20)38-16-12-30(32,33)13-17-38)35-25(39)22-7-6-21(31-40-27(2,3)28(4,5)41-31)19-23(22)37-14-10-29(8-9-29)11-15-37/h6-7,18-19H,8-17H2,1-5H3,(H,34,35,36,39). The first-order valence-corrected chi connectivity index (χ1v) is 14.8. The van der Waals surface area contributed by atoms with E-state index in [1.807, 2.05) is 52.8 Å². The fourth-order valence-electron chi connectivity index (χ4n) is 6.00. The number of benzene rings is 1. The average molecular weight is 567 g/mol. The summed E-state index contributed by atoms with van der Waals surface area (Å²) in [6.45, 7) is 12.1. The quantitative estimate of drug-likeness (QED) is 0.513. The molecule has 6 rings (SSSR count). The van der Waals surface area contributed by atoms with Crippen molar-refractivity contribution in [3.05, 3.63) is 35.5 Å². The third kappa shape index (κ3) is 5.67. The van der Waals surface area contributed by atoms with Gasteiger partial charge >= 0.3 is 7.12 Å². The van der Waals surface area contributed by atoms with E-state index in [9.17, 15) is 13.6 Å². The van der Waals surface area contributed by atoms with E-state index < -0.39 is 24.2 Å². The molecule has 3 saturated heterocycles. The van der Waals surface area contributed by atoms with Crippen LogP contribution in [0, 0.1) is 12.3 Å². The number of nitrogens with one attached hydrogen (secondary N) is 1. The van der Waals surface area contributed by atoms with Crippen molar-refractivity contribution in [3.8, 4) is 0 Å². The first-order valence-electron chi connectivity index (χ1n) is 14.8. The monoisotopic (exact) mass is 567 g/mol. The van der Waals surface area contributed by atoms with Crippen LogP contribution < -0.4 is 20.6 Å². The second-order valence-corrected chi connectivity index (χ2v) is 13.3. The Hall–Kier alpha value is -2.79. The van der Waals surface area contributed by atoms with Crippen LogP contribution in [0.15, 0.2) is 24.3 Å². The van der Waals surface area contributed by atoms with Gasteiger partial charge in [0.15, 0.2) is 0 Å². The Kier molecular flexibility index (Phi) is 6.84. The van der Waals surface area contributed by atoms with Gasteiger partial charge in [-0.15, -0.1) is 0 Å². The average Bonchev–Trinajstić information content (AvgIpc) is 3.61. The van der Waals surface area contributed by atoms with Gasteiger partial charge in [0.05, 0.1) is 16.8 Å². The Balaban J connectivity index is 1.26. The maximum atomic E-state index is 13.8. The summed E-state index contributed by atoms with van der Waals surface area (Å²) in [5, 5.41) is 2.96. The van der Waals surface area contributed by atoms with E-state index in [-0.39, 0.29) is 31.8 Å². The lowest BCUT2D eigenvalue weighted by Gasteiger charge is -2.35. The predicted molar refractivity (Wildman–Crippen MR) is 156 cm³/mol. The number of carbonyl (C=O) groups is 1. The molecule has 1 amide bonds. The van der Waals surface area contributed by atoms with Crippen LogP contribution in [-0.4, -0.2) is 66.3 Å². The lowest BCUT2D eigenvalue weighted by atomic mass is 9.78. The van der Waals surface area contributed by atoms with Gasteiger partial charge in [0.1, 0.15) is 5.82 Å². The summed E-state index contributed by atoms with van der Waals surface area (Å²) < 4.78 is 40.1. The van der Waals surface area contributed by atoms with Crippen molar-refractivity contribution in [2.45, 2.75) is 90.3 Å². The highest BCUT2D eigenvalue weighted by Crippen LogP contribution is 2.54. The second-order valence-electron chi connectivity index (χ2n) is 13.3. The summed E-state index contributed by atoms with van der Waals surface area (Å²) in [5.41, 5.74) is 2.50. The van der Waals surface area contributed by atoms with Crippen LogP contribution in [0.4, 0.5) is 26.2 Å². The zero-order valence-corrected chi connectivity index (χ0v) is 24.7. The molecule has 0 bridgehead atoms. The summed E-state index contributed by atoms with van der Waals surface area (Å²) >= 11 is 0. The van der Waals surface area contributed by atoms with Gasteiger partial charge in [0, 0.05) is 56.5 Å². The summed E-state index contributed by atoms with van der Waals surface area (Å²) in [4.78, 5) is 26.8. The molecule has 0 unspecified atom stereocenters. The summed E-state index contributed by atoms with van der Waals surface area (Å²) in [5.74, 6) is -2.22. The maximum Gasteiger partial charge on any atom is 0.494 e. The minimum absolute atomic E-state index is 0.171. The molecule has 1 N–H and O–H groups in total. The number of aromatic nitrogens is 2. The van der Waals surface area contributed by atoms with Gasteiger partial charge in [0.25, 0.3) is 11.8 Å². The highest BCUT2D eigenvalue weighted by Gasteiger charge is 2.52. The number of halogens is 2. The number of nitrogens with zero attached hydrogens (tertiary/aromatic N) is 4. The van der Waals surface area contributed by atoms with E-state index in [0.29, 0.717) is 28.4 Å². The topological polar surface area (TPSA) is 79.8 Å². The first kappa shape index (κ1) is 28.3. The van der Waals surface area contributed by atoms with Crippen molar-refractivity contribution in [2.75, 3.05) is 41.3 Å². The third-order valence-electron chi connectivity index (χ3n) is 9.78. The Morgan fingerprint density at radius 2 is 1.49 bits per heavy atom. The van der Waals surface area contributed by atoms with E-state index in [4.69, 9.17) is 9.31 Å². The zero-order valence-electron chi connectivity index (χ0n) is 24.7. The molecule has 8 nitrogen and oxygen atoms in total. The van der Waals surface area contributed by atoms with Crippen molar-refractivity contribution in [2.24, 2.45) is 5.41 Å². The molecule has 220 valence electrons. The van der Waals surface area contributed by atoms with Gasteiger partial charge in [-0.05, 0) is 83.3 Å². The lowest BCUT2D eigenvalue weighted by Crippen LogP contribution is -2.41. The molecule has 1 saturated carbocycles. The molecule has 3 aliphatic heterocycles. The molecule has 41 heavy (non-hydrogen) atoms. The molecule has 2 aromatic rings. The van der Waals surface area contributed by atoms with E-state index in [1.54, 1.807) is 11.0 Å². The molecular formula is C30H40BF2N5O3. The van der Waals surface area contributed by atoms with Crippen molar-refractivity contribution in [3.63, 3.8) is 0 Å². The fraction of sp³-hybridized carbons (Fsp3) is 0.633. The highest BCUT2D eigenvalue weighted by atomic mass is 19.3. The van der Waals surface area contributed by atoms with E-state index in [0.717, 1.165) is 37.1 Å². The largest absolute Gasteiger partial charge is 0.494 e. The number of anilines is 3. The van der Waals surface area contributed by atoms with Crippen molar-refractivity contribution >= 4 is 35.9 Å². The molecule has 1 spiro atoms. The molecule has 4 heterocycles. The summed E-state index contributed by atoms with van der Waals surface area (Å²) in [7, 11) is -0.528. The van der Waals surface area contributed by atoms with Gasteiger partial charge < -0.3 is 24.4 Å². The van der Waals surface area contributed by atoms with Crippen LogP contribution in [0.5, 0.6) is 0 Å². The first-order chi connectivity index (χ1) is 19.2. The van der Waals surface area contributed by atoms with Gasteiger partial charge in [-0.25, -0.2) is 13.8 Å². The Labute approximate surface area is 241 Å². The Morgan fingerprint density at radius 1 is 0.878 bits per heavy atom. The number of rotatable bonds is 5. The van der Waals surface area contributed by atoms with Crippen LogP contribution in [0.3, 0.4) is 0 Å². The molecule has 4 aliphatic rings. The normalized spacial score (nSPS) is 24.0. The van der Waals surface area contributed by atoms with E-state index in [1.165, 1.54) is 12.8 Å². The van der Waals surface area contributed by atoms with Crippen molar-refractivity contribution in [1.82, 2.24) is 9.97 Å². The Bertz CT molecular complexity index is 1310. The fourth-order valence-corrected chi connectivity index (χ4v) is 6.00. The van der Waals surface area contributed by atoms with Gasteiger partial charge in [-0.3, -0.25) is 4.79 Å². The smallest absolute Gasteiger partial charge is 0.399 e. The maximum absolute atomic E-state index is 13.8. The number of hydrogen-bond donors (Lipinski definition) is 1. The van der Waals surface area contributed by atoms with Gasteiger partial charge in [0.2, 0.25) is 5.95 Å². The van der Waals surface area contributed by atoms with Crippen LogP contribution in [0.1, 0.15) is 82.3 Å². The molecule has 11 heteroatoms. The SMILES string of the molecule is Cc1cc(NC(=O)c2ccc(B3OC(C)(C)C(C)(C)O3)cc2N2CCC3(CC2)CC3)nc(N2CCC(F)(F)CC2)n1. The van der Waals surface area contributed by atoms with Crippen molar-refractivity contribution < 1.29 is 22.9 Å². The second kappa shape index (κ2) is 9.90. The van der Waals surface area contributed by atoms with Crippen LogP contribution >= 0.6 is 0 Å². The molecule has 1 aromatic carbocycles. The molecular weight excluding hydrogens is 527 g/mol. The van der Waals surface area contributed by atoms with E-state index >= 15 is 0 Å². The third-order valence-corrected chi connectivity index (χ3v) is 9.78. The Morgan fingerprint density at radius 3 is 2.10 bits per heavy atom. The predicted octanol–water partition coefficient (Wildman–Crippen LogP) is 4.95. The molecule has 0 radical (unpaired) electrons. The van der Waals surface area contributed by atoms with Crippen LogP contribution in [0.25, 0.3) is 0 Å². The number of alkyl halides is 2. The minimum atomic E-state index is -2.66. The van der Waals surface area contributed by atoms with Crippen LogP contribution in [-0.2, 0) is 9.31 Å². The number of carbonyl (C=O) groups excluding carboxylic acids is 1. The summed E-state index contributed by atoms with van der Waals surface area (Å²) in [6, 6.07) is 7.48. The molecule has 1 aliphatic carbocycles. The molecule has 1 aromatic heterocycles. The number of amides is 1. The molecule has 4 fully saturated rings. The number of piperidine rings is 2. The van der Waals surface area contributed by atoms with Crippen LogP contribution in [0.2, 0.25) is 0 Å². The van der Waals surface area contributed by atoms with Crippen molar-refractivity contribution in [1.29, 1.82) is 0 Å². The number of aryl methyl sites for hydroxylation is 1. The highest BCUT2D eigenvalue weighted by molar-refractivity contribution is 6.62.